The van der Waals surface area contributed by atoms with Crippen LogP contribution in [0.15, 0.2) is 54.6 Å². The predicted molar refractivity (Wildman–Crippen MR) is 134 cm³/mol. The van der Waals surface area contributed by atoms with E-state index in [4.69, 9.17) is 0 Å². The van der Waals surface area contributed by atoms with E-state index in [2.05, 4.69) is 68.5 Å². The molecule has 1 aliphatic carbocycles. The van der Waals surface area contributed by atoms with E-state index in [1.807, 2.05) is 0 Å². The molecule has 3 rings (SSSR count). The lowest BCUT2D eigenvalue weighted by molar-refractivity contribution is 0.425. The molecule has 0 nitrogen and oxygen atoms in total. The minimum atomic E-state index is 0.922. The van der Waals surface area contributed by atoms with Gasteiger partial charge in [-0.3, -0.25) is 0 Å². The third-order valence-corrected chi connectivity index (χ3v) is 6.85. The molecule has 0 fully saturated rings. The highest BCUT2D eigenvalue weighted by atomic mass is 14.2. The van der Waals surface area contributed by atoms with Gasteiger partial charge in [0.25, 0.3) is 0 Å². The number of unbranched alkanes of at least 4 members (excludes halogenated alkanes) is 6. The van der Waals surface area contributed by atoms with Crippen molar-refractivity contribution in [3.8, 4) is 11.1 Å². The number of hydrogen-bond acceptors (Lipinski definition) is 0. The summed E-state index contributed by atoms with van der Waals surface area (Å²) in [6.45, 7) is 4.57. The standard InChI is InChI=1S/C30H42/c1-3-5-7-9-11-25-13-17-27(18-14-25)29-21-23-30(24-22-29)28-19-15-26(16-20-28)12-10-8-6-4-2/h13-14,17-19,21-24,26H,3-12,15-16,20H2,1-2H3. The second-order valence-corrected chi connectivity index (χ2v) is 9.30. The van der Waals surface area contributed by atoms with Crippen LogP contribution in [-0.2, 0) is 6.42 Å². The maximum Gasteiger partial charge on any atom is -0.0184 e. The smallest absolute Gasteiger partial charge is 0.0184 e. The van der Waals surface area contributed by atoms with Crippen LogP contribution in [0.2, 0.25) is 0 Å². The summed E-state index contributed by atoms with van der Waals surface area (Å²) in [6.07, 6.45) is 20.0. The molecule has 2 aromatic carbocycles. The van der Waals surface area contributed by atoms with Crippen LogP contribution in [0, 0.1) is 5.92 Å². The number of rotatable bonds is 12. The maximum absolute atomic E-state index is 2.52. The fourth-order valence-corrected chi connectivity index (χ4v) is 4.77. The van der Waals surface area contributed by atoms with Crippen LogP contribution in [0.25, 0.3) is 16.7 Å². The van der Waals surface area contributed by atoms with Crippen molar-refractivity contribution in [3.05, 3.63) is 65.7 Å². The Labute approximate surface area is 185 Å². The quantitative estimate of drug-likeness (QED) is 0.310. The van der Waals surface area contributed by atoms with Gasteiger partial charge in [-0.1, -0.05) is 120 Å². The third-order valence-electron chi connectivity index (χ3n) is 6.85. The van der Waals surface area contributed by atoms with Crippen LogP contribution in [0.4, 0.5) is 0 Å². The maximum atomic E-state index is 2.52. The van der Waals surface area contributed by atoms with Gasteiger partial charge in [-0.15, -0.1) is 0 Å². The first kappa shape index (κ1) is 22.9. The second kappa shape index (κ2) is 12.8. The predicted octanol–water partition coefficient (Wildman–Crippen LogP) is 9.63. The first-order chi connectivity index (χ1) is 14.8. The van der Waals surface area contributed by atoms with Gasteiger partial charge >= 0.3 is 0 Å². The summed E-state index contributed by atoms with van der Waals surface area (Å²) in [5, 5.41) is 0. The molecule has 0 aliphatic heterocycles. The number of hydrogen-bond donors (Lipinski definition) is 0. The molecule has 1 aliphatic rings. The summed E-state index contributed by atoms with van der Waals surface area (Å²) < 4.78 is 0. The lowest BCUT2D eigenvalue weighted by Crippen LogP contribution is -2.05. The lowest BCUT2D eigenvalue weighted by atomic mass is 9.83. The molecule has 2 aromatic rings. The van der Waals surface area contributed by atoms with E-state index >= 15 is 0 Å². The third kappa shape index (κ3) is 7.15. The Morgan fingerprint density at radius 3 is 1.87 bits per heavy atom. The van der Waals surface area contributed by atoms with Crippen molar-refractivity contribution in [2.75, 3.05) is 0 Å². The van der Waals surface area contributed by atoms with Crippen molar-refractivity contribution in [2.24, 2.45) is 5.92 Å². The Kier molecular flexibility index (Phi) is 9.74. The molecule has 0 heteroatoms. The fourth-order valence-electron chi connectivity index (χ4n) is 4.77. The van der Waals surface area contributed by atoms with Gasteiger partial charge in [-0.05, 0) is 65.8 Å². The van der Waals surface area contributed by atoms with Gasteiger partial charge in [-0.2, -0.15) is 0 Å². The van der Waals surface area contributed by atoms with Crippen LogP contribution in [0.3, 0.4) is 0 Å². The van der Waals surface area contributed by atoms with E-state index in [0.717, 1.165) is 5.92 Å². The fraction of sp³-hybridized carbons (Fsp3) is 0.533. The topological polar surface area (TPSA) is 0 Å². The second-order valence-electron chi connectivity index (χ2n) is 9.30. The first-order valence-corrected chi connectivity index (χ1v) is 12.7. The Morgan fingerprint density at radius 2 is 1.27 bits per heavy atom. The summed E-state index contributed by atoms with van der Waals surface area (Å²) in [5.74, 6) is 0.922. The molecule has 0 bridgehead atoms. The number of aryl methyl sites for hydroxylation is 1. The van der Waals surface area contributed by atoms with E-state index in [0.29, 0.717) is 0 Å². The molecule has 30 heavy (non-hydrogen) atoms. The zero-order chi connectivity index (χ0) is 21.0. The van der Waals surface area contributed by atoms with E-state index in [9.17, 15) is 0 Å². The first-order valence-electron chi connectivity index (χ1n) is 12.7. The van der Waals surface area contributed by atoms with Crippen molar-refractivity contribution < 1.29 is 0 Å². The van der Waals surface area contributed by atoms with Crippen molar-refractivity contribution in [3.63, 3.8) is 0 Å². The highest BCUT2D eigenvalue weighted by Crippen LogP contribution is 2.33. The van der Waals surface area contributed by atoms with Crippen LogP contribution < -0.4 is 0 Å². The minimum Gasteiger partial charge on any atom is -0.0804 e. The van der Waals surface area contributed by atoms with E-state index in [1.54, 1.807) is 5.57 Å². The van der Waals surface area contributed by atoms with Gasteiger partial charge in [0.2, 0.25) is 0 Å². The molecule has 0 aromatic heterocycles. The summed E-state index contributed by atoms with van der Waals surface area (Å²) in [6, 6.07) is 18.5. The molecule has 1 unspecified atom stereocenters. The molecule has 0 heterocycles. The number of benzene rings is 2. The Balaban J connectivity index is 1.51. The van der Waals surface area contributed by atoms with Crippen LogP contribution in [0.5, 0.6) is 0 Å². The average molecular weight is 403 g/mol. The van der Waals surface area contributed by atoms with Crippen molar-refractivity contribution in [2.45, 2.75) is 97.3 Å². The molecular formula is C30H42. The van der Waals surface area contributed by atoms with Crippen LogP contribution in [0.1, 0.15) is 102 Å². The molecular weight excluding hydrogens is 360 g/mol. The van der Waals surface area contributed by atoms with Crippen LogP contribution >= 0.6 is 0 Å². The Bertz CT molecular complexity index is 748. The highest BCUT2D eigenvalue weighted by Gasteiger charge is 2.15. The molecule has 0 N–H and O–H groups in total. The zero-order valence-electron chi connectivity index (χ0n) is 19.5. The van der Waals surface area contributed by atoms with E-state index < -0.39 is 0 Å². The summed E-state index contributed by atoms with van der Waals surface area (Å²) in [7, 11) is 0. The van der Waals surface area contributed by atoms with Gasteiger partial charge in [0.15, 0.2) is 0 Å². The molecule has 0 saturated carbocycles. The lowest BCUT2D eigenvalue weighted by Gasteiger charge is -2.22. The highest BCUT2D eigenvalue weighted by molar-refractivity contribution is 5.71. The summed E-state index contributed by atoms with van der Waals surface area (Å²) in [5.41, 5.74) is 7.14. The van der Waals surface area contributed by atoms with Crippen LogP contribution in [-0.4, -0.2) is 0 Å². The molecule has 162 valence electrons. The summed E-state index contributed by atoms with van der Waals surface area (Å²) >= 11 is 0. The SMILES string of the molecule is CCCCCCc1ccc(-c2ccc(C3=CCC(CCCCCC)CC3)cc2)cc1. The van der Waals surface area contributed by atoms with Gasteiger partial charge in [0, 0.05) is 0 Å². The molecule has 0 spiro atoms. The molecule has 0 amide bonds. The van der Waals surface area contributed by atoms with Gasteiger partial charge in [0.1, 0.15) is 0 Å². The van der Waals surface area contributed by atoms with Crippen molar-refractivity contribution in [1.29, 1.82) is 0 Å². The molecule has 1 atom stereocenters. The van der Waals surface area contributed by atoms with Gasteiger partial charge in [0.05, 0.1) is 0 Å². The Hall–Kier alpha value is -1.82. The van der Waals surface area contributed by atoms with Gasteiger partial charge < -0.3 is 0 Å². The average Bonchev–Trinajstić information content (AvgIpc) is 2.81. The zero-order valence-corrected chi connectivity index (χ0v) is 19.5. The monoisotopic (exact) mass is 402 g/mol. The largest absolute Gasteiger partial charge is 0.0804 e. The van der Waals surface area contributed by atoms with E-state index in [1.165, 1.54) is 106 Å². The minimum absolute atomic E-state index is 0.922. The Morgan fingerprint density at radius 1 is 0.667 bits per heavy atom. The summed E-state index contributed by atoms with van der Waals surface area (Å²) in [4.78, 5) is 0. The molecule has 0 radical (unpaired) electrons. The van der Waals surface area contributed by atoms with Gasteiger partial charge in [-0.25, -0.2) is 0 Å². The molecule has 0 saturated heterocycles. The van der Waals surface area contributed by atoms with E-state index in [-0.39, 0.29) is 0 Å². The number of allylic oxidation sites excluding steroid dienone is 2. The van der Waals surface area contributed by atoms with Crippen molar-refractivity contribution >= 4 is 5.57 Å². The van der Waals surface area contributed by atoms with Crippen molar-refractivity contribution in [1.82, 2.24) is 0 Å². The normalized spacial score (nSPS) is 16.5.